The lowest BCUT2D eigenvalue weighted by atomic mass is 10.0. The highest BCUT2D eigenvalue weighted by molar-refractivity contribution is 9.11. The van der Waals surface area contributed by atoms with Crippen LogP contribution in [-0.4, -0.2) is 45.6 Å². The van der Waals surface area contributed by atoms with Crippen molar-refractivity contribution in [3.63, 3.8) is 0 Å². The topological polar surface area (TPSA) is 78.9 Å². The van der Waals surface area contributed by atoms with Crippen LogP contribution in [0.3, 0.4) is 0 Å². The van der Waals surface area contributed by atoms with Crippen LogP contribution in [0.25, 0.3) is 0 Å². The molecule has 0 amide bonds. The average Bonchev–Trinajstić information content (AvgIpc) is 2.89. The van der Waals surface area contributed by atoms with Gasteiger partial charge in [0.2, 0.25) is 0 Å². The summed E-state index contributed by atoms with van der Waals surface area (Å²) in [7, 11) is 0. The number of alkyl halides is 1. The number of carbonyl (C=O) groups is 3. The Kier molecular flexibility index (Phi) is 8.25. The molecule has 4 rings (SSSR count). The van der Waals surface area contributed by atoms with Crippen LogP contribution in [0.15, 0.2) is 91.0 Å². The standard InChI is InChI=1S/C27H23BrO6S/c1-17-21(32-25(29)18-11-5-2-6-12-18)22(33-26(30)19-13-7-3-8-14-19)23(24(28)35-17)34-27(31)20-15-9-4-10-16-20/h2-17,21-24H,1H3/t17-,21+,22+,23-,24+/m0/s1. The second kappa shape index (κ2) is 11.6. The van der Waals surface area contributed by atoms with Gasteiger partial charge in [-0.15, -0.1) is 11.8 Å². The lowest BCUT2D eigenvalue weighted by Crippen LogP contribution is -2.56. The minimum atomic E-state index is -1.04. The Morgan fingerprint density at radius 1 is 0.600 bits per heavy atom. The molecule has 1 aliphatic heterocycles. The highest BCUT2D eigenvalue weighted by atomic mass is 79.9. The van der Waals surface area contributed by atoms with Gasteiger partial charge in [0.1, 0.15) is 4.16 Å². The number of rotatable bonds is 6. The van der Waals surface area contributed by atoms with E-state index in [9.17, 15) is 14.4 Å². The third-order valence-electron chi connectivity index (χ3n) is 5.47. The Hall–Kier alpha value is -3.10. The van der Waals surface area contributed by atoms with Gasteiger partial charge in [-0.1, -0.05) is 70.5 Å². The van der Waals surface area contributed by atoms with E-state index in [1.807, 2.05) is 6.92 Å². The van der Waals surface area contributed by atoms with E-state index in [1.165, 1.54) is 11.8 Å². The van der Waals surface area contributed by atoms with Crippen molar-refractivity contribution < 1.29 is 28.6 Å². The van der Waals surface area contributed by atoms with Gasteiger partial charge in [-0.3, -0.25) is 0 Å². The number of halogens is 1. The maximum absolute atomic E-state index is 13.0. The number of thioether (sulfide) groups is 1. The number of carbonyl (C=O) groups excluding carboxylic acids is 3. The van der Waals surface area contributed by atoms with Gasteiger partial charge in [0.05, 0.1) is 16.7 Å². The molecule has 1 saturated heterocycles. The molecular weight excluding hydrogens is 532 g/mol. The monoisotopic (exact) mass is 554 g/mol. The highest BCUT2D eigenvalue weighted by Gasteiger charge is 2.50. The van der Waals surface area contributed by atoms with Gasteiger partial charge in [0, 0.05) is 5.25 Å². The van der Waals surface area contributed by atoms with E-state index < -0.39 is 40.4 Å². The molecule has 3 aromatic carbocycles. The molecule has 8 heteroatoms. The molecule has 0 aromatic heterocycles. The summed E-state index contributed by atoms with van der Waals surface area (Å²) in [5, 5.41) is -0.257. The van der Waals surface area contributed by atoms with Crippen molar-refractivity contribution in [3.05, 3.63) is 108 Å². The van der Waals surface area contributed by atoms with E-state index in [4.69, 9.17) is 14.2 Å². The zero-order chi connectivity index (χ0) is 24.8. The Morgan fingerprint density at radius 3 is 1.34 bits per heavy atom. The van der Waals surface area contributed by atoms with E-state index >= 15 is 0 Å². The normalized spacial score (nSPS) is 23.7. The molecule has 0 spiro atoms. The number of hydrogen-bond acceptors (Lipinski definition) is 7. The van der Waals surface area contributed by atoms with Gasteiger partial charge in [-0.2, -0.15) is 0 Å². The first-order valence-electron chi connectivity index (χ1n) is 11.0. The van der Waals surface area contributed by atoms with Crippen LogP contribution in [0.5, 0.6) is 0 Å². The Morgan fingerprint density at radius 2 is 0.943 bits per heavy atom. The molecule has 0 aliphatic carbocycles. The molecule has 35 heavy (non-hydrogen) atoms. The summed E-state index contributed by atoms with van der Waals surface area (Å²) >= 11 is 5.00. The van der Waals surface area contributed by atoms with Crippen molar-refractivity contribution in [2.75, 3.05) is 0 Å². The zero-order valence-corrected chi connectivity index (χ0v) is 21.2. The first-order valence-corrected chi connectivity index (χ1v) is 12.9. The fourth-order valence-electron chi connectivity index (χ4n) is 3.68. The quantitative estimate of drug-likeness (QED) is 0.225. The van der Waals surface area contributed by atoms with Crippen molar-refractivity contribution in [2.24, 2.45) is 0 Å². The molecule has 1 heterocycles. The van der Waals surface area contributed by atoms with Crippen LogP contribution in [-0.2, 0) is 14.2 Å². The van der Waals surface area contributed by atoms with Gasteiger partial charge in [-0.05, 0) is 43.3 Å². The van der Waals surface area contributed by atoms with Gasteiger partial charge >= 0.3 is 17.9 Å². The van der Waals surface area contributed by atoms with Crippen LogP contribution in [0.4, 0.5) is 0 Å². The minimum absolute atomic E-state index is 0.257. The van der Waals surface area contributed by atoms with E-state index in [1.54, 1.807) is 91.0 Å². The fraction of sp³-hybridized carbons (Fsp3) is 0.222. The summed E-state index contributed by atoms with van der Waals surface area (Å²) in [6, 6.07) is 25.6. The van der Waals surface area contributed by atoms with E-state index in [0.717, 1.165) is 0 Å². The first-order chi connectivity index (χ1) is 16.9. The summed E-state index contributed by atoms with van der Waals surface area (Å²) in [6.45, 7) is 1.88. The molecule has 5 atom stereocenters. The lowest BCUT2D eigenvalue weighted by molar-refractivity contribution is -0.0859. The SMILES string of the molecule is C[C@@H]1S[C@@H](Br)[C@@H](OC(=O)c2ccccc2)[C@H](OC(=O)c2ccccc2)[C@@H]1OC(=O)c1ccccc1. The number of ether oxygens (including phenoxy) is 3. The summed E-state index contributed by atoms with van der Waals surface area (Å²) < 4.78 is 17.2. The summed E-state index contributed by atoms with van der Waals surface area (Å²) in [4.78, 5) is 38.8. The summed E-state index contributed by atoms with van der Waals surface area (Å²) in [5.41, 5.74) is 1.07. The van der Waals surface area contributed by atoms with Gasteiger partial charge in [0.15, 0.2) is 18.3 Å². The Balaban J connectivity index is 1.63. The fourth-order valence-corrected chi connectivity index (χ4v) is 6.25. The lowest BCUT2D eigenvalue weighted by Gasteiger charge is -2.42. The molecule has 0 saturated carbocycles. The van der Waals surface area contributed by atoms with Crippen molar-refractivity contribution in [3.8, 4) is 0 Å². The minimum Gasteiger partial charge on any atom is -0.453 e. The average molecular weight is 555 g/mol. The maximum atomic E-state index is 13.0. The van der Waals surface area contributed by atoms with Crippen molar-refractivity contribution >= 4 is 45.6 Å². The molecule has 0 bridgehead atoms. The second-order valence-corrected chi connectivity index (χ2v) is 11.0. The predicted octanol–water partition coefficient (Wildman–Crippen LogP) is 5.52. The smallest absolute Gasteiger partial charge is 0.338 e. The van der Waals surface area contributed by atoms with Crippen LogP contribution < -0.4 is 0 Å². The molecule has 0 N–H and O–H groups in total. The van der Waals surface area contributed by atoms with Gasteiger partial charge < -0.3 is 14.2 Å². The molecule has 0 unspecified atom stereocenters. The van der Waals surface area contributed by atoms with Crippen molar-refractivity contribution in [1.82, 2.24) is 0 Å². The van der Waals surface area contributed by atoms with Crippen molar-refractivity contribution in [2.45, 2.75) is 34.6 Å². The largest absolute Gasteiger partial charge is 0.453 e. The molecular formula is C27H23BrO6S. The second-order valence-electron chi connectivity index (χ2n) is 7.90. The molecule has 6 nitrogen and oxygen atoms in total. The predicted molar refractivity (Wildman–Crippen MR) is 137 cm³/mol. The molecule has 0 radical (unpaired) electrons. The molecule has 3 aromatic rings. The number of benzene rings is 3. The van der Waals surface area contributed by atoms with E-state index in [0.29, 0.717) is 16.7 Å². The van der Waals surface area contributed by atoms with Crippen LogP contribution >= 0.6 is 27.7 Å². The van der Waals surface area contributed by atoms with Gasteiger partial charge in [0.25, 0.3) is 0 Å². The Bertz CT molecular complexity index is 1090. The molecule has 1 fully saturated rings. The number of esters is 3. The van der Waals surface area contributed by atoms with E-state index in [-0.39, 0.29) is 5.25 Å². The summed E-state index contributed by atoms with van der Waals surface area (Å²) in [5.74, 6) is -1.72. The highest BCUT2D eigenvalue weighted by Crippen LogP contribution is 2.41. The number of hydrogen-bond donors (Lipinski definition) is 0. The molecule has 180 valence electrons. The molecule has 1 aliphatic rings. The Labute approximate surface area is 216 Å². The summed E-state index contributed by atoms with van der Waals surface area (Å²) in [6.07, 6.45) is -2.81. The van der Waals surface area contributed by atoms with Crippen LogP contribution in [0.2, 0.25) is 0 Å². The van der Waals surface area contributed by atoms with E-state index in [2.05, 4.69) is 15.9 Å². The van der Waals surface area contributed by atoms with Crippen LogP contribution in [0, 0.1) is 0 Å². The zero-order valence-electron chi connectivity index (χ0n) is 18.8. The first kappa shape index (κ1) is 25.0. The van der Waals surface area contributed by atoms with Gasteiger partial charge in [-0.25, -0.2) is 14.4 Å². The van der Waals surface area contributed by atoms with Crippen LogP contribution in [0.1, 0.15) is 38.0 Å². The maximum Gasteiger partial charge on any atom is 0.338 e. The third-order valence-corrected chi connectivity index (χ3v) is 7.87. The third kappa shape index (κ3) is 6.13. The van der Waals surface area contributed by atoms with Crippen molar-refractivity contribution in [1.29, 1.82) is 0 Å².